The maximum Gasteiger partial charge on any atom is 0.269 e. The molecule has 0 unspecified atom stereocenters. The van der Waals surface area contributed by atoms with Gasteiger partial charge in [0, 0.05) is 49.3 Å². The van der Waals surface area contributed by atoms with Gasteiger partial charge >= 0.3 is 0 Å². The Morgan fingerprint density at radius 3 is 1.84 bits per heavy atom. The minimum absolute atomic E-state index is 0.0225. The van der Waals surface area contributed by atoms with Gasteiger partial charge in [-0.3, -0.25) is 19.7 Å². The van der Waals surface area contributed by atoms with Crippen LogP contribution in [0.1, 0.15) is 108 Å². The van der Waals surface area contributed by atoms with E-state index in [-0.39, 0.29) is 17.5 Å². The number of rotatable bonds is 14. The second-order valence-corrected chi connectivity index (χ2v) is 11.0. The summed E-state index contributed by atoms with van der Waals surface area (Å²) >= 11 is 0. The van der Waals surface area contributed by atoms with Crippen molar-refractivity contribution in [1.29, 1.82) is 0 Å². The van der Waals surface area contributed by atoms with Gasteiger partial charge in [-0.05, 0) is 70.3 Å². The lowest BCUT2D eigenvalue weighted by atomic mass is 9.88. The van der Waals surface area contributed by atoms with Crippen LogP contribution >= 0.6 is 0 Å². The van der Waals surface area contributed by atoms with Gasteiger partial charge in [0.15, 0.2) is 0 Å². The van der Waals surface area contributed by atoms with E-state index in [1.807, 2.05) is 4.90 Å². The lowest BCUT2D eigenvalue weighted by Crippen LogP contribution is -2.49. The summed E-state index contributed by atoms with van der Waals surface area (Å²) in [6.07, 6.45) is 13.9. The first kappa shape index (κ1) is 30.1. The van der Waals surface area contributed by atoms with E-state index in [2.05, 4.69) is 23.6 Å². The largest absolute Gasteiger partial charge is 0.339 e. The lowest BCUT2D eigenvalue weighted by Gasteiger charge is -2.42. The van der Waals surface area contributed by atoms with E-state index in [0.29, 0.717) is 43.6 Å². The van der Waals surface area contributed by atoms with Crippen LogP contribution in [0.15, 0.2) is 24.3 Å². The molecule has 0 spiro atoms. The van der Waals surface area contributed by atoms with Crippen LogP contribution in [0.5, 0.6) is 0 Å². The highest BCUT2D eigenvalue weighted by atomic mass is 16.6. The molecule has 2 aliphatic carbocycles. The maximum absolute atomic E-state index is 13.6. The van der Waals surface area contributed by atoms with Gasteiger partial charge < -0.3 is 14.7 Å². The smallest absolute Gasteiger partial charge is 0.269 e. The molecule has 212 valence electrons. The fourth-order valence-electron chi connectivity index (χ4n) is 6.22. The van der Waals surface area contributed by atoms with Crippen LogP contribution in [0.4, 0.5) is 5.69 Å². The normalized spacial score (nSPS) is 16.9. The molecule has 0 aliphatic heterocycles. The molecule has 0 bridgehead atoms. The van der Waals surface area contributed by atoms with Crippen LogP contribution in [0, 0.1) is 10.1 Å². The van der Waals surface area contributed by atoms with Gasteiger partial charge in [-0.2, -0.15) is 0 Å². The van der Waals surface area contributed by atoms with E-state index in [9.17, 15) is 19.7 Å². The summed E-state index contributed by atoms with van der Waals surface area (Å²) < 4.78 is 0. The van der Waals surface area contributed by atoms with E-state index in [4.69, 9.17) is 0 Å². The van der Waals surface area contributed by atoms with E-state index in [0.717, 1.165) is 51.7 Å². The Labute approximate surface area is 228 Å². The van der Waals surface area contributed by atoms with Crippen LogP contribution in [-0.2, 0) is 4.79 Å². The maximum atomic E-state index is 13.6. The zero-order valence-electron chi connectivity index (χ0n) is 23.6. The second kappa shape index (κ2) is 15.8. The summed E-state index contributed by atoms with van der Waals surface area (Å²) in [5.74, 6) is 0.137. The summed E-state index contributed by atoms with van der Waals surface area (Å²) in [6, 6.07) is 6.61. The number of hydrogen-bond donors (Lipinski definition) is 0. The van der Waals surface area contributed by atoms with Crippen LogP contribution in [0.3, 0.4) is 0 Å². The summed E-state index contributed by atoms with van der Waals surface area (Å²) in [6.45, 7) is 8.25. The highest BCUT2D eigenvalue weighted by molar-refractivity contribution is 5.94. The van der Waals surface area contributed by atoms with Crippen molar-refractivity contribution >= 4 is 17.5 Å². The molecule has 2 amide bonds. The molecule has 0 radical (unpaired) electrons. The van der Waals surface area contributed by atoms with Gasteiger partial charge in [-0.1, -0.05) is 52.4 Å². The third kappa shape index (κ3) is 8.79. The molecule has 2 saturated carbocycles. The predicted molar refractivity (Wildman–Crippen MR) is 151 cm³/mol. The Hall–Kier alpha value is -2.48. The number of amides is 2. The third-order valence-corrected chi connectivity index (χ3v) is 8.45. The molecule has 1 aromatic carbocycles. The van der Waals surface area contributed by atoms with Gasteiger partial charge in [-0.15, -0.1) is 0 Å². The van der Waals surface area contributed by atoms with E-state index in [1.165, 1.54) is 62.8 Å². The van der Waals surface area contributed by atoms with Crippen molar-refractivity contribution in [3.05, 3.63) is 39.9 Å². The number of benzene rings is 1. The molecular formula is C30H48N4O4. The van der Waals surface area contributed by atoms with Gasteiger partial charge in [0.25, 0.3) is 11.6 Å². The summed E-state index contributed by atoms with van der Waals surface area (Å²) in [4.78, 5) is 44.0. The number of non-ortho nitro benzene ring substituents is 1. The zero-order valence-corrected chi connectivity index (χ0v) is 23.6. The molecule has 0 heterocycles. The summed E-state index contributed by atoms with van der Waals surface area (Å²) in [5.41, 5.74) is 0.432. The number of carbonyl (C=O) groups is 2. The summed E-state index contributed by atoms with van der Waals surface area (Å²) in [7, 11) is 0. The molecule has 0 atom stereocenters. The first-order chi connectivity index (χ1) is 18.4. The minimum Gasteiger partial charge on any atom is -0.339 e. The zero-order chi connectivity index (χ0) is 27.3. The Morgan fingerprint density at radius 1 is 0.816 bits per heavy atom. The summed E-state index contributed by atoms with van der Waals surface area (Å²) in [5, 5.41) is 11.0. The molecule has 0 aromatic heterocycles. The quantitative estimate of drug-likeness (QED) is 0.217. The van der Waals surface area contributed by atoms with Crippen LogP contribution in [-0.4, -0.2) is 76.2 Å². The molecule has 0 saturated heterocycles. The first-order valence-corrected chi connectivity index (χ1v) is 15.0. The standard InChI is InChI=1S/C30H48N4O4/c1-3-31(4-2)22-12-24-32(30(36)25-18-20-28(21-19-25)34(37)38)23-11-17-29(35)33(26-13-7-5-8-14-26)27-15-9-6-10-16-27/h18-21,26-27H,3-17,22-24H2,1-2H3. The van der Waals surface area contributed by atoms with Crippen molar-refractivity contribution < 1.29 is 14.5 Å². The molecule has 0 N–H and O–H groups in total. The number of carbonyl (C=O) groups excluding carboxylic acids is 2. The van der Waals surface area contributed by atoms with Crippen molar-refractivity contribution in [3.63, 3.8) is 0 Å². The van der Waals surface area contributed by atoms with Crippen LogP contribution < -0.4 is 0 Å². The van der Waals surface area contributed by atoms with Crippen LogP contribution in [0.25, 0.3) is 0 Å². The number of nitro groups is 1. The average molecular weight is 529 g/mol. The minimum atomic E-state index is -0.452. The molecule has 8 nitrogen and oxygen atoms in total. The lowest BCUT2D eigenvalue weighted by molar-refractivity contribution is -0.384. The fourth-order valence-corrected chi connectivity index (χ4v) is 6.22. The van der Waals surface area contributed by atoms with Crippen molar-refractivity contribution in [2.24, 2.45) is 0 Å². The highest BCUT2D eigenvalue weighted by Crippen LogP contribution is 2.31. The molecule has 1 aromatic rings. The number of nitrogens with zero attached hydrogens (tertiary/aromatic N) is 4. The molecular weight excluding hydrogens is 480 g/mol. The molecule has 3 rings (SSSR count). The first-order valence-electron chi connectivity index (χ1n) is 15.0. The highest BCUT2D eigenvalue weighted by Gasteiger charge is 2.32. The second-order valence-electron chi connectivity index (χ2n) is 11.0. The number of hydrogen-bond acceptors (Lipinski definition) is 5. The molecule has 2 fully saturated rings. The van der Waals surface area contributed by atoms with E-state index in [1.54, 1.807) is 0 Å². The number of nitro benzene ring substituents is 1. The van der Waals surface area contributed by atoms with E-state index < -0.39 is 4.92 Å². The van der Waals surface area contributed by atoms with Crippen LogP contribution in [0.2, 0.25) is 0 Å². The fraction of sp³-hybridized carbons (Fsp3) is 0.733. The van der Waals surface area contributed by atoms with Crippen molar-refractivity contribution in [2.75, 3.05) is 32.7 Å². The van der Waals surface area contributed by atoms with Gasteiger partial charge in [-0.25, -0.2) is 0 Å². The average Bonchev–Trinajstić information content (AvgIpc) is 2.95. The van der Waals surface area contributed by atoms with Gasteiger partial charge in [0.05, 0.1) is 4.92 Å². The Bertz CT molecular complexity index is 857. The van der Waals surface area contributed by atoms with Gasteiger partial charge in [0.1, 0.15) is 0 Å². The monoisotopic (exact) mass is 528 g/mol. The van der Waals surface area contributed by atoms with Crippen molar-refractivity contribution in [3.8, 4) is 0 Å². The third-order valence-electron chi connectivity index (χ3n) is 8.45. The molecule has 38 heavy (non-hydrogen) atoms. The van der Waals surface area contributed by atoms with Crippen molar-refractivity contribution in [2.45, 2.75) is 109 Å². The molecule has 8 heteroatoms. The topological polar surface area (TPSA) is 87.0 Å². The SMILES string of the molecule is CCN(CC)CCCN(CCCC(=O)N(C1CCCCC1)C1CCCCC1)C(=O)c1ccc([N+](=O)[O-])cc1. The van der Waals surface area contributed by atoms with E-state index >= 15 is 0 Å². The van der Waals surface area contributed by atoms with Crippen molar-refractivity contribution in [1.82, 2.24) is 14.7 Å². The predicted octanol–water partition coefficient (Wildman–Crippen LogP) is 6.04. The Kier molecular flexibility index (Phi) is 12.5. The Balaban J connectivity index is 1.64. The van der Waals surface area contributed by atoms with Gasteiger partial charge in [0.2, 0.25) is 5.91 Å². The Morgan fingerprint density at radius 2 is 1.34 bits per heavy atom. The molecule has 2 aliphatic rings.